The minimum atomic E-state index is -4.57. The second kappa shape index (κ2) is 8.38. The number of para-hydroxylation sites is 1. The number of benzene rings is 2. The molecule has 0 radical (unpaired) electrons. The molecule has 9 heteroatoms. The van der Waals surface area contributed by atoms with Gasteiger partial charge in [0.15, 0.2) is 5.82 Å². The van der Waals surface area contributed by atoms with Crippen LogP contribution < -0.4 is 15.6 Å². The Morgan fingerprint density at radius 3 is 2.18 bits per heavy atom. The number of carbonyl (C=O) groups is 1. The maximum Gasteiger partial charge on any atom is 0.397 e. The molecule has 3 rings (SSSR count). The number of hydrogen-bond donors (Lipinski definition) is 2. The van der Waals surface area contributed by atoms with Crippen LogP contribution in [-0.2, 0) is 4.79 Å². The van der Waals surface area contributed by atoms with Crippen molar-refractivity contribution >= 4 is 11.7 Å². The van der Waals surface area contributed by atoms with Crippen molar-refractivity contribution in [2.45, 2.75) is 12.6 Å². The number of nitrogens with zero attached hydrogens (tertiary/aromatic N) is 2. The molecule has 2 N–H and O–H groups in total. The number of nitrogens with one attached hydrogen (secondary N) is 2. The lowest BCUT2D eigenvalue weighted by atomic mass is 10.1. The highest BCUT2D eigenvalue weighted by atomic mass is 19.4. The summed E-state index contributed by atoms with van der Waals surface area (Å²) in [5.74, 6) is 0.280. The van der Waals surface area contributed by atoms with E-state index in [0.717, 1.165) is 11.3 Å². The molecular weight excluding hydrogens is 373 g/mol. The summed E-state index contributed by atoms with van der Waals surface area (Å²) in [5.41, 5.74) is 5.54. The zero-order chi connectivity index (χ0) is 20.0. The van der Waals surface area contributed by atoms with Gasteiger partial charge >= 0.3 is 6.18 Å². The van der Waals surface area contributed by atoms with Crippen LogP contribution in [0.15, 0.2) is 66.7 Å². The maximum absolute atomic E-state index is 12.1. The Kier molecular flexibility index (Phi) is 5.73. The molecule has 0 fully saturated rings. The molecule has 1 amide bonds. The molecule has 0 saturated heterocycles. The van der Waals surface area contributed by atoms with E-state index in [1.165, 1.54) is 6.07 Å². The van der Waals surface area contributed by atoms with Crippen LogP contribution in [0.5, 0.6) is 11.5 Å². The number of ether oxygens (including phenoxy) is 1. The summed E-state index contributed by atoms with van der Waals surface area (Å²) < 4.78 is 42.0. The van der Waals surface area contributed by atoms with Gasteiger partial charge in [0.05, 0.1) is 5.69 Å². The van der Waals surface area contributed by atoms with Crippen LogP contribution in [-0.4, -0.2) is 22.3 Å². The van der Waals surface area contributed by atoms with Crippen LogP contribution in [0.1, 0.15) is 6.42 Å². The molecule has 0 atom stereocenters. The highest BCUT2D eigenvalue weighted by Gasteiger charge is 2.31. The molecule has 28 heavy (non-hydrogen) atoms. The Hall–Kier alpha value is -3.62. The quantitative estimate of drug-likeness (QED) is 0.615. The fraction of sp³-hybridized carbons (Fsp3) is 0.105. The molecular formula is C19H15F3N4O2. The van der Waals surface area contributed by atoms with Gasteiger partial charge in [-0.2, -0.15) is 13.2 Å². The second-order valence-electron chi connectivity index (χ2n) is 5.71. The van der Waals surface area contributed by atoms with Crippen molar-refractivity contribution in [1.29, 1.82) is 0 Å². The van der Waals surface area contributed by atoms with Gasteiger partial charge in [-0.1, -0.05) is 18.2 Å². The molecule has 3 aromatic rings. The number of alkyl halides is 3. The Morgan fingerprint density at radius 2 is 1.57 bits per heavy atom. The van der Waals surface area contributed by atoms with Crippen LogP contribution in [0.3, 0.4) is 0 Å². The number of anilines is 1. The van der Waals surface area contributed by atoms with Gasteiger partial charge in [0.25, 0.3) is 0 Å². The van der Waals surface area contributed by atoms with Crippen molar-refractivity contribution in [3.8, 4) is 22.8 Å². The molecule has 0 aliphatic heterocycles. The van der Waals surface area contributed by atoms with Gasteiger partial charge in [-0.25, -0.2) is 0 Å². The van der Waals surface area contributed by atoms with E-state index >= 15 is 0 Å². The first kappa shape index (κ1) is 19.2. The van der Waals surface area contributed by atoms with Crippen LogP contribution >= 0.6 is 0 Å². The summed E-state index contributed by atoms with van der Waals surface area (Å²) in [5, 5.41) is 7.81. The monoisotopic (exact) mass is 388 g/mol. The number of aromatic nitrogens is 2. The van der Waals surface area contributed by atoms with E-state index in [0.29, 0.717) is 11.4 Å². The molecule has 0 spiro atoms. The molecule has 2 aromatic carbocycles. The largest absolute Gasteiger partial charge is 0.457 e. The summed E-state index contributed by atoms with van der Waals surface area (Å²) in [6.07, 6.45) is -6.15. The first-order chi connectivity index (χ1) is 13.4. The van der Waals surface area contributed by atoms with Gasteiger partial charge in [0.1, 0.15) is 17.9 Å². The van der Waals surface area contributed by atoms with Crippen molar-refractivity contribution in [3.05, 3.63) is 66.7 Å². The predicted molar refractivity (Wildman–Crippen MR) is 96.4 cm³/mol. The van der Waals surface area contributed by atoms with Gasteiger partial charge in [0, 0.05) is 5.56 Å². The number of rotatable bonds is 6. The van der Waals surface area contributed by atoms with Gasteiger partial charge < -0.3 is 4.74 Å². The van der Waals surface area contributed by atoms with Crippen molar-refractivity contribution in [1.82, 2.24) is 15.6 Å². The first-order valence-electron chi connectivity index (χ1n) is 8.18. The minimum absolute atomic E-state index is 0.114. The number of hydrazine groups is 1. The number of amides is 1. The van der Waals surface area contributed by atoms with E-state index in [1.54, 1.807) is 30.3 Å². The van der Waals surface area contributed by atoms with Crippen molar-refractivity contribution in [2.75, 3.05) is 5.43 Å². The molecule has 1 heterocycles. The minimum Gasteiger partial charge on any atom is -0.457 e. The van der Waals surface area contributed by atoms with Crippen LogP contribution in [0, 0.1) is 0 Å². The predicted octanol–water partition coefficient (Wildman–Crippen LogP) is 4.33. The summed E-state index contributed by atoms with van der Waals surface area (Å²) in [6.45, 7) is 0. The number of hydrogen-bond acceptors (Lipinski definition) is 5. The Morgan fingerprint density at radius 1 is 0.893 bits per heavy atom. The Balaban J connectivity index is 1.58. The summed E-state index contributed by atoms with van der Waals surface area (Å²) in [6, 6.07) is 19.6. The van der Waals surface area contributed by atoms with E-state index in [1.807, 2.05) is 35.8 Å². The highest BCUT2D eigenvalue weighted by molar-refractivity contribution is 5.77. The van der Waals surface area contributed by atoms with Crippen molar-refractivity contribution < 1.29 is 22.7 Å². The Bertz CT molecular complexity index is 915. The molecule has 0 saturated carbocycles. The molecule has 0 aliphatic carbocycles. The topological polar surface area (TPSA) is 76.1 Å². The van der Waals surface area contributed by atoms with Crippen LogP contribution in [0.25, 0.3) is 11.3 Å². The molecule has 0 unspecified atom stereocenters. The normalized spacial score (nSPS) is 11.0. The molecule has 1 aromatic heterocycles. The fourth-order valence-electron chi connectivity index (χ4n) is 2.23. The van der Waals surface area contributed by atoms with E-state index in [4.69, 9.17) is 4.74 Å². The van der Waals surface area contributed by atoms with Gasteiger partial charge in [-0.05, 0) is 48.5 Å². The maximum atomic E-state index is 12.1. The lowest BCUT2D eigenvalue weighted by molar-refractivity contribution is -0.153. The summed E-state index contributed by atoms with van der Waals surface area (Å²) in [4.78, 5) is 11.1. The lowest BCUT2D eigenvalue weighted by Gasteiger charge is -2.09. The lowest BCUT2D eigenvalue weighted by Crippen LogP contribution is -2.33. The molecule has 0 bridgehead atoms. The summed E-state index contributed by atoms with van der Waals surface area (Å²) >= 11 is 0. The van der Waals surface area contributed by atoms with E-state index in [-0.39, 0.29) is 5.82 Å². The van der Waals surface area contributed by atoms with Crippen molar-refractivity contribution in [3.63, 3.8) is 0 Å². The number of carbonyl (C=O) groups excluding carboxylic acids is 1. The third-order valence-corrected chi connectivity index (χ3v) is 3.48. The Labute approximate surface area is 158 Å². The standard InChI is InChI=1S/C19H15F3N4O2/c20-19(21,22)12-18(27)26-25-17-11-10-16(23-24-17)13-6-8-15(9-7-13)28-14-4-2-1-3-5-14/h1-11H,12H2,(H,24,25)(H,26,27). The third-order valence-electron chi connectivity index (χ3n) is 3.48. The van der Waals surface area contributed by atoms with Gasteiger partial charge in [-0.15, -0.1) is 10.2 Å². The van der Waals surface area contributed by atoms with E-state index < -0.39 is 18.5 Å². The zero-order valence-corrected chi connectivity index (χ0v) is 14.4. The average Bonchev–Trinajstić information content (AvgIpc) is 2.67. The SMILES string of the molecule is O=C(CC(F)(F)F)NNc1ccc(-c2ccc(Oc3ccccc3)cc2)nn1. The van der Waals surface area contributed by atoms with Gasteiger partial charge in [-0.3, -0.25) is 15.6 Å². The smallest absolute Gasteiger partial charge is 0.397 e. The van der Waals surface area contributed by atoms with Crippen molar-refractivity contribution in [2.24, 2.45) is 0 Å². The highest BCUT2D eigenvalue weighted by Crippen LogP contribution is 2.25. The number of halogens is 3. The second-order valence-corrected chi connectivity index (χ2v) is 5.71. The van der Waals surface area contributed by atoms with Crippen LogP contribution in [0.2, 0.25) is 0 Å². The third kappa shape index (κ3) is 5.70. The van der Waals surface area contributed by atoms with Gasteiger partial charge in [0.2, 0.25) is 5.91 Å². The molecule has 6 nitrogen and oxygen atoms in total. The van der Waals surface area contributed by atoms with E-state index in [9.17, 15) is 18.0 Å². The van der Waals surface area contributed by atoms with Crippen LogP contribution in [0.4, 0.5) is 19.0 Å². The van der Waals surface area contributed by atoms with E-state index in [2.05, 4.69) is 15.6 Å². The average molecular weight is 388 g/mol. The molecule has 0 aliphatic rings. The molecule has 144 valence electrons. The zero-order valence-electron chi connectivity index (χ0n) is 14.4. The first-order valence-corrected chi connectivity index (χ1v) is 8.18. The fourth-order valence-corrected chi connectivity index (χ4v) is 2.23. The summed E-state index contributed by atoms with van der Waals surface area (Å²) in [7, 11) is 0.